The number of carbonyl (C=O) groups is 2. The van der Waals surface area contributed by atoms with Crippen LogP contribution in [0.5, 0.6) is 0 Å². The van der Waals surface area contributed by atoms with E-state index < -0.39 is 24.4 Å². The van der Waals surface area contributed by atoms with E-state index in [9.17, 15) is 9.59 Å². The quantitative estimate of drug-likeness (QED) is 0.175. The Morgan fingerprint density at radius 2 is 1.42 bits per heavy atom. The van der Waals surface area contributed by atoms with E-state index >= 15 is 0 Å². The molecule has 0 aromatic carbocycles. The minimum Gasteiger partial charge on any atom is -0.391 e. The first kappa shape index (κ1) is 26.9. The molecule has 0 radical (unpaired) electrons. The number of rotatable bonds is 14. The van der Waals surface area contributed by atoms with Crippen LogP contribution in [-0.4, -0.2) is 57.0 Å². The Morgan fingerprint density at radius 1 is 0.962 bits per heavy atom. The number of aldehydes is 1. The van der Waals surface area contributed by atoms with E-state index in [-0.39, 0.29) is 12.2 Å². The van der Waals surface area contributed by atoms with E-state index in [1.807, 2.05) is 0 Å². The number of amides is 1. The molecule has 0 aromatic heterocycles. The van der Waals surface area contributed by atoms with Crippen LogP contribution in [0.25, 0.3) is 0 Å². The third-order valence-corrected chi connectivity index (χ3v) is 4.01. The molecule has 1 amide bonds. The van der Waals surface area contributed by atoms with Crippen molar-refractivity contribution in [2.24, 2.45) is 5.73 Å². The van der Waals surface area contributed by atoms with E-state index in [1.165, 1.54) is 51.9 Å². The fourth-order valence-corrected chi connectivity index (χ4v) is 2.16. The van der Waals surface area contributed by atoms with Crippen LogP contribution in [0.4, 0.5) is 0 Å². The van der Waals surface area contributed by atoms with Crippen molar-refractivity contribution in [1.29, 1.82) is 0 Å². The van der Waals surface area contributed by atoms with Crippen LogP contribution in [-0.2, 0) is 9.59 Å². The van der Waals surface area contributed by atoms with Gasteiger partial charge in [0.1, 0.15) is 18.3 Å². The first-order valence-corrected chi connectivity index (χ1v) is 9.34. The summed E-state index contributed by atoms with van der Waals surface area (Å²) < 4.78 is 0. The van der Waals surface area contributed by atoms with Crippen molar-refractivity contribution in [3.05, 3.63) is 12.2 Å². The molecule has 0 aromatic rings. The second-order valence-electron chi connectivity index (χ2n) is 6.54. The lowest BCUT2D eigenvalue weighted by atomic mass is 10.0. The molecule has 0 rings (SSSR count). The van der Waals surface area contributed by atoms with Crippen molar-refractivity contribution in [3.8, 4) is 0 Å². The molecule has 0 heterocycles. The van der Waals surface area contributed by atoms with Gasteiger partial charge >= 0.3 is 0 Å². The summed E-state index contributed by atoms with van der Waals surface area (Å²) in [5.74, 6) is -0.349. The summed E-state index contributed by atoms with van der Waals surface area (Å²) in [4.78, 5) is 20.5. The summed E-state index contributed by atoms with van der Waals surface area (Å²) in [6.45, 7) is 7.11. The van der Waals surface area contributed by atoms with Crippen LogP contribution >= 0.6 is 0 Å². The molecule has 0 spiro atoms. The van der Waals surface area contributed by atoms with Gasteiger partial charge in [0.2, 0.25) is 5.91 Å². The van der Waals surface area contributed by atoms with Crippen molar-refractivity contribution in [3.63, 3.8) is 0 Å². The lowest BCUT2D eigenvalue weighted by Crippen LogP contribution is -2.43. The van der Waals surface area contributed by atoms with Crippen molar-refractivity contribution in [1.82, 2.24) is 0 Å². The second kappa shape index (κ2) is 17.1. The van der Waals surface area contributed by atoms with Gasteiger partial charge in [-0.25, -0.2) is 0 Å². The van der Waals surface area contributed by atoms with Crippen LogP contribution in [0.1, 0.15) is 71.6 Å². The summed E-state index contributed by atoms with van der Waals surface area (Å²) in [6, 6.07) is 0. The van der Waals surface area contributed by atoms with Gasteiger partial charge in [0.25, 0.3) is 0 Å². The van der Waals surface area contributed by atoms with Gasteiger partial charge in [-0.1, -0.05) is 58.4 Å². The summed E-state index contributed by atoms with van der Waals surface area (Å²) >= 11 is 0. The highest BCUT2D eigenvalue weighted by Gasteiger charge is 2.27. The molecule has 4 atom stereocenters. The number of aliphatic hydroxyl groups is 4. The van der Waals surface area contributed by atoms with E-state index in [1.54, 1.807) is 0 Å². The molecule has 154 valence electrons. The maximum atomic E-state index is 10.7. The molecule has 0 aliphatic carbocycles. The maximum Gasteiger partial charge on any atom is 0.244 e. The Kier molecular flexibility index (Phi) is 17.8. The van der Waals surface area contributed by atoms with E-state index in [2.05, 4.69) is 13.5 Å². The van der Waals surface area contributed by atoms with Crippen LogP contribution in [0, 0.1) is 0 Å². The Morgan fingerprint density at radius 3 is 1.81 bits per heavy atom. The summed E-state index contributed by atoms with van der Waals surface area (Å²) in [5, 5.41) is 35.1. The molecule has 0 saturated carbocycles. The van der Waals surface area contributed by atoms with Gasteiger partial charge in [0, 0.05) is 5.57 Å². The van der Waals surface area contributed by atoms with Crippen LogP contribution < -0.4 is 5.73 Å². The normalized spacial score (nSPS) is 15.2. The SMILES string of the molecule is C=C(CCCCCCCCCC)C(N)=O.C[C@H](O)[C@@H](O)[C@@H](O)[C@H](O)C=O. The molecule has 6 N–H and O–H groups in total. The van der Waals surface area contributed by atoms with Crippen LogP contribution in [0.3, 0.4) is 0 Å². The van der Waals surface area contributed by atoms with Gasteiger partial charge < -0.3 is 31.0 Å². The predicted molar refractivity (Wildman–Crippen MR) is 101 cm³/mol. The number of hydrogen-bond acceptors (Lipinski definition) is 6. The Hall–Kier alpha value is -1.28. The molecular weight excluding hydrogens is 338 g/mol. The van der Waals surface area contributed by atoms with Crippen molar-refractivity contribution < 1.29 is 30.0 Å². The molecule has 0 unspecified atom stereocenters. The lowest BCUT2D eigenvalue weighted by Gasteiger charge is -2.21. The molecular formula is C19H37NO6. The summed E-state index contributed by atoms with van der Waals surface area (Å²) in [5.41, 5.74) is 5.66. The minimum absolute atomic E-state index is 0.0935. The molecule has 0 fully saturated rings. The monoisotopic (exact) mass is 375 g/mol. The second-order valence-corrected chi connectivity index (χ2v) is 6.54. The van der Waals surface area contributed by atoms with E-state index in [4.69, 9.17) is 26.2 Å². The highest BCUT2D eigenvalue weighted by Crippen LogP contribution is 2.11. The van der Waals surface area contributed by atoms with Gasteiger partial charge in [-0.05, 0) is 19.8 Å². The van der Waals surface area contributed by atoms with Crippen molar-refractivity contribution >= 4 is 12.2 Å². The van der Waals surface area contributed by atoms with Gasteiger partial charge in [0.15, 0.2) is 6.29 Å². The number of aliphatic hydroxyl groups excluding tert-OH is 4. The average molecular weight is 376 g/mol. The predicted octanol–water partition coefficient (Wildman–Crippen LogP) is 1.21. The first-order valence-electron chi connectivity index (χ1n) is 9.34. The van der Waals surface area contributed by atoms with Crippen molar-refractivity contribution in [2.75, 3.05) is 0 Å². The molecule has 7 heteroatoms. The molecule has 0 aliphatic heterocycles. The number of carbonyl (C=O) groups excluding carboxylic acids is 2. The largest absolute Gasteiger partial charge is 0.391 e. The molecule has 26 heavy (non-hydrogen) atoms. The number of nitrogens with two attached hydrogens (primary N) is 1. The highest BCUT2D eigenvalue weighted by molar-refractivity contribution is 5.91. The van der Waals surface area contributed by atoms with Crippen LogP contribution in [0.15, 0.2) is 12.2 Å². The molecule has 0 bridgehead atoms. The van der Waals surface area contributed by atoms with Gasteiger partial charge in [-0.2, -0.15) is 0 Å². The van der Waals surface area contributed by atoms with Gasteiger partial charge in [-0.3, -0.25) is 4.79 Å². The first-order chi connectivity index (χ1) is 12.2. The zero-order valence-corrected chi connectivity index (χ0v) is 16.1. The fraction of sp³-hybridized carbons (Fsp3) is 0.789. The Bertz CT molecular complexity index is 386. The van der Waals surface area contributed by atoms with E-state index in [0.717, 1.165) is 12.8 Å². The zero-order valence-electron chi connectivity index (χ0n) is 16.1. The molecule has 0 aliphatic rings. The van der Waals surface area contributed by atoms with Gasteiger partial charge in [-0.15, -0.1) is 0 Å². The number of hydrogen-bond donors (Lipinski definition) is 5. The standard InChI is InChI=1S/C13H25NO.C6H12O5/c1-3-4-5-6-7-8-9-10-11-12(2)13(14)15;1-3(8)5(10)6(11)4(9)2-7/h2-11H2,1H3,(H2,14,15);2-6,8-11H,1H3/t;3-,4+,5+,6-/m.0/s1. The lowest BCUT2D eigenvalue weighted by molar-refractivity contribution is -0.132. The van der Waals surface area contributed by atoms with E-state index in [0.29, 0.717) is 5.57 Å². The summed E-state index contributed by atoms with van der Waals surface area (Å²) in [6.07, 6.45) is 5.11. The minimum atomic E-state index is -1.65. The summed E-state index contributed by atoms with van der Waals surface area (Å²) in [7, 11) is 0. The average Bonchev–Trinajstić information content (AvgIpc) is 2.61. The fourth-order valence-electron chi connectivity index (χ4n) is 2.16. The smallest absolute Gasteiger partial charge is 0.244 e. The molecule has 7 nitrogen and oxygen atoms in total. The van der Waals surface area contributed by atoms with Crippen LogP contribution in [0.2, 0.25) is 0 Å². The maximum absolute atomic E-state index is 10.7. The number of unbranched alkanes of at least 4 members (excludes halogenated alkanes) is 7. The molecule has 0 saturated heterocycles. The van der Waals surface area contributed by atoms with Crippen molar-refractivity contribution in [2.45, 2.75) is 96.1 Å². The topological polar surface area (TPSA) is 141 Å². The number of primary amides is 1. The Balaban J connectivity index is 0. The Labute approximate surface area is 156 Å². The van der Waals surface area contributed by atoms with Gasteiger partial charge in [0.05, 0.1) is 6.10 Å². The zero-order chi connectivity index (χ0) is 20.5. The third kappa shape index (κ3) is 15.0. The third-order valence-electron chi connectivity index (χ3n) is 4.01. The highest BCUT2D eigenvalue weighted by atomic mass is 16.4.